The molecule has 0 fully saturated rings. The number of ketones is 4. The second-order valence-corrected chi connectivity index (χ2v) is 16.7. The fraction of sp³-hybridized carbons (Fsp3) is 0.100. The number of alkyl halides is 2. The van der Waals surface area contributed by atoms with Crippen molar-refractivity contribution < 1.29 is 30.5 Å². The average molecular weight is 958 g/mol. The zero-order valence-electron chi connectivity index (χ0n) is 26.4. The number of Topliss-reactive ketones (excluding diaryl/α,β-unsaturated/α-hetero) is 4. The number of halogens is 4. The number of carbonyl (C=O) groups is 4. The van der Waals surface area contributed by atoms with Gasteiger partial charge in [-0.1, -0.05) is 153 Å². The van der Waals surface area contributed by atoms with Crippen molar-refractivity contribution in [3.63, 3.8) is 0 Å². The summed E-state index contributed by atoms with van der Waals surface area (Å²) in [5.74, 6) is 0.249. The molecule has 0 aliphatic carbocycles. The Bertz CT molecular complexity index is 2130. The normalized spacial score (nSPS) is 10.5. The molecule has 0 aliphatic heterocycles. The number of benzene rings is 6. The van der Waals surface area contributed by atoms with Crippen molar-refractivity contribution in [3.8, 4) is 22.3 Å². The molecular formula is C40H30Br4CuO4. The van der Waals surface area contributed by atoms with E-state index >= 15 is 0 Å². The van der Waals surface area contributed by atoms with Crippen LogP contribution in [0.1, 0.15) is 55.3 Å². The summed E-state index contributed by atoms with van der Waals surface area (Å²) in [6.45, 7) is 3.15. The standard InChI is InChI=1S/C20H14Br2O2.C20H16O2.2BrH.Cu/c21-11-19(23)14-7-5-13(6-8-14)15-9-10-18(20(24)12-22)17-4-2-1-3-16(15)17;1-13(21)15-7-9-16(10-8-15)18-12-11-17(14(2)22)19-5-3-4-6-20(18)19;;;/h1-10H,11-12H2;3-12H,1-2H3;2*1H;/q;;;;+2/p-2. The molecule has 49 heavy (non-hydrogen) atoms. The molecule has 0 aromatic heterocycles. The Kier molecular flexibility index (Phi) is 14.9. The van der Waals surface area contributed by atoms with Gasteiger partial charge in [0.05, 0.1) is 10.7 Å². The van der Waals surface area contributed by atoms with E-state index in [-0.39, 0.29) is 23.1 Å². The van der Waals surface area contributed by atoms with Crippen LogP contribution in [-0.2, 0) is 11.3 Å². The molecule has 0 saturated heterocycles. The molecule has 0 heterocycles. The average Bonchev–Trinajstić information content (AvgIpc) is 3.14. The first-order valence-corrected chi connectivity index (χ1v) is 21.8. The molecule has 253 valence electrons. The van der Waals surface area contributed by atoms with Gasteiger partial charge < -0.3 is 0 Å². The summed E-state index contributed by atoms with van der Waals surface area (Å²) in [6.07, 6.45) is 0. The van der Waals surface area contributed by atoms with Crippen molar-refractivity contribution in [3.05, 3.63) is 144 Å². The maximum absolute atomic E-state index is 12.1. The van der Waals surface area contributed by atoms with Gasteiger partial charge >= 0.3 is 39.6 Å². The van der Waals surface area contributed by atoms with E-state index in [0.29, 0.717) is 21.8 Å². The van der Waals surface area contributed by atoms with Crippen LogP contribution in [0.15, 0.2) is 121 Å². The Labute approximate surface area is 322 Å². The molecule has 0 spiro atoms. The third-order valence-corrected chi connectivity index (χ3v) is 8.91. The van der Waals surface area contributed by atoms with Crippen LogP contribution in [0.2, 0.25) is 0 Å². The summed E-state index contributed by atoms with van der Waals surface area (Å²) in [7, 11) is 0. The molecule has 0 aliphatic rings. The van der Waals surface area contributed by atoms with Crippen LogP contribution >= 0.6 is 60.1 Å². The summed E-state index contributed by atoms with van der Waals surface area (Å²) in [5.41, 5.74) is 7.02. The summed E-state index contributed by atoms with van der Waals surface area (Å²) >= 11 is 13.8. The van der Waals surface area contributed by atoms with Crippen LogP contribution in [0.4, 0.5) is 0 Å². The third kappa shape index (κ3) is 9.60. The van der Waals surface area contributed by atoms with Gasteiger partial charge in [-0.25, -0.2) is 0 Å². The van der Waals surface area contributed by atoms with Crippen LogP contribution in [0.3, 0.4) is 0 Å². The van der Waals surface area contributed by atoms with E-state index in [0.717, 1.165) is 54.9 Å². The fourth-order valence-electron chi connectivity index (χ4n) is 5.52. The molecule has 0 radical (unpaired) electrons. The van der Waals surface area contributed by atoms with Gasteiger partial charge in [-0.05, 0) is 57.6 Å². The Morgan fingerprint density at radius 3 is 1.27 bits per heavy atom. The summed E-state index contributed by atoms with van der Waals surface area (Å²) in [6, 6.07) is 38.7. The Balaban J connectivity index is 0.000000205. The SMILES string of the molecule is CC(=O)c1ccc(-c2ccc(C(C)=O)c3ccccc23)cc1.O=C(CBr)c1ccc(-c2ccc(C(=O)CBr)c3ccccc23)cc1.[Br][Cu][Br]. The molecular weight excluding hydrogens is 928 g/mol. The number of rotatable bonds is 8. The second kappa shape index (κ2) is 18.8. The molecule has 6 aromatic rings. The van der Waals surface area contributed by atoms with E-state index < -0.39 is 0 Å². The molecule has 0 amide bonds. The first kappa shape index (κ1) is 38.8. The zero-order valence-corrected chi connectivity index (χ0v) is 33.7. The van der Waals surface area contributed by atoms with E-state index in [9.17, 15) is 19.2 Å². The number of carbonyl (C=O) groups excluding carboxylic acids is 4. The maximum atomic E-state index is 12.1. The topological polar surface area (TPSA) is 68.3 Å². The molecule has 6 rings (SSSR count). The molecule has 0 atom stereocenters. The van der Waals surface area contributed by atoms with Gasteiger partial charge in [-0.15, -0.1) is 0 Å². The van der Waals surface area contributed by atoms with Crippen LogP contribution in [0.25, 0.3) is 43.8 Å². The first-order valence-electron chi connectivity index (χ1n) is 14.9. The zero-order chi connectivity index (χ0) is 35.5. The Morgan fingerprint density at radius 1 is 0.469 bits per heavy atom. The number of fused-ring (bicyclic) bond motifs is 2. The predicted octanol–water partition coefficient (Wildman–Crippen LogP) is 12.3. The van der Waals surface area contributed by atoms with Gasteiger partial charge in [0.1, 0.15) is 0 Å². The second-order valence-electron chi connectivity index (χ2n) is 10.8. The van der Waals surface area contributed by atoms with E-state index in [2.05, 4.69) is 60.1 Å². The Hall–Kier alpha value is -3.04. The molecule has 0 N–H and O–H groups in total. The minimum absolute atomic E-state index is 0.0586. The van der Waals surface area contributed by atoms with Crippen LogP contribution in [0.5, 0.6) is 0 Å². The predicted molar refractivity (Wildman–Crippen MR) is 213 cm³/mol. The van der Waals surface area contributed by atoms with Gasteiger partial charge in [-0.2, -0.15) is 0 Å². The van der Waals surface area contributed by atoms with Crippen molar-refractivity contribution in [2.24, 2.45) is 0 Å². The van der Waals surface area contributed by atoms with Crippen LogP contribution < -0.4 is 0 Å². The van der Waals surface area contributed by atoms with Gasteiger partial charge in [0.15, 0.2) is 23.1 Å². The van der Waals surface area contributed by atoms with Crippen molar-refractivity contribution in [1.82, 2.24) is 0 Å². The van der Waals surface area contributed by atoms with Gasteiger partial charge in [0, 0.05) is 22.3 Å². The molecule has 0 saturated carbocycles. The number of hydrogen-bond donors (Lipinski definition) is 0. The van der Waals surface area contributed by atoms with Crippen molar-refractivity contribution >= 4 is 105 Å². The molecule has 0 unspecified atom stereocenters. The van der Waals surface area contributed by atoms with Gasteiger partial charge in [0.25, 0.3) is 0 Å². The van der Waals surface area contributed by atoms with Gasteiger partial charge in [0.2, 0.25) is 0 Å². The minimum atomic E-state index is 0.0586. The van der Waals surface area contributed by atoms with Crippen LogP contribution in [-0.4, -0.2) is 33.8 Å². The number of hydrogen-bond acceptors (Lipinski definition) is 4. The van der Waals surface area contributed by atoms with E-state index in [1.54, 1.807) is 13.8 Å². The van der Waals surface area contributed by atoms with Crippen molar-refractivity contribution in [2.75, 3.05) is 10.7 Å². The summed E-state index contributed by atoms with van der Waals surface area (Å²) < 4.78 is 0. The monoisotopic (exact) mass is 953 g/mol. The third-order valence-electron chi connectivity index (χ3n) is 7.89. The Morgan fingerprint density at radius 2 is 0.857 bits per heavy atom. The quantitative estimate of drug-likeness (QED) is 0.0866. The van der Waals surface area contributed by atoms with Gasteiger partial charge in [-0.3, -0.25) is 19.2 Å². The first-order chi connectivity index (χ1) is 23.6. The van der Waals surface area contributed by atoms with Crippen molar-refractivity contribution in [1.29, 1.82) is 0 Å². The molecule has 6 aromatic carbocycles. The summed E-state index contributed by atoms with van der Waals surface area (Å²) in [5, 5.41) is 4.61. The van der Waals surface area contributed by atoms with Crippen LogP contribution in [0, 0.1) is 0 Å². The molecule has 0 bridgehead atoms. The summed E-state index contributed by atoms with van der Waals surface area (Å²) in [4.78, 5) is 47.1. The fourth-order valence-corrected chi connectivity index (χ4v) is 6.15. The van der Waals surface area contributed by atoms with E-state index in [1.807, 2.05) is 121 Å². The molecule has 9 heteroatoms. The van der Waals surface area contributed by atoms with Crippen molar-refractivity contribution in [2.45, 2.75) is 13.8 Å². The molecule has 4 nitrogen and oxygen atoms in total. The van der Waals surface area contributed by atoms with E-state index in [1.165, 1.54) is 11.3 Å². The van der Waals surface area contributed by atoms with E-state index in [4.69, 9.17) is 0 Å².